The van der Waals surface area contributed by atoms with Gasteiger partial charge in [-0.2, -0.15) is 0 Å². The third-order valence-corrected chi connectivity index (χ3v) is 3.78. The summed E-state index contributed by atoms with van der Waals surface area (Å²) in [5.41, 5.74) is 7.28. The molecule has 0 amide bonds. The van der Waals surface area contributed by atoms with Crippen molar-refractivity contribution < 1.29 is 4.74 Å². The molecule has 4 heteroatoms. The van der Waals surface area contributed by atoms with Gasteiger partial charge in [-0.05, 0) is 53.0 Å². The van der Waals surface area contributed by atoms with Crippen LogP contribution < -0.4 is 10.5 Å². The molecule has 2 N–H and O–H groups in total. The van der Waals surface area contributed by atoms with E-state index < -0.39 is 0 Å². The molecule has 0 aromatic heterocycles. The van der Waals surface area contributed by atoms with Crippen molar-refractivity contribution in [2.24, 2.45) is 5.73 Å². The van der Waals surface area contributed by atoms with Gasteiger partial charge in [0, 0.05) is 19.1 Å². The van der Waals surface area contributed by atoms with Crippen molar-refractivity contribution in [2.45, 2.75) is 25.4 Å². The largest absolute Gasteiger partial charge is 0.496 e. The van der Waals surface area contributed by atoms with Crippen LogP contribution in [0.5, 0.6) is 5.75 Å². The van der Waals surface area contributed by atoms with Crippen molar-refractivity contribution in [2.75, 3.05) is 20.2 Å². The fourth-order valence-corrected chi connectivity index (χ4v) is 2.89. The van der Waals surface area contributed by atoms with E-state index in [1.165, 1.54) is 12.0 Å². The van der Waals surface area contributed by atoms with Crippen LogP contribution in [0, 0.1) is 0 Å². The minimum absolute atomic E-state index is 0.338. The quantitative estimate of drug-likeness (QED) is 0.931. The first kappa shape index (κ1) is 12.9. The smallest absolute Gasteiger partial charge is 0.133 e. The average molecular weight is 299 g/mol. The number of hydrogen-bond donors (Lipinski definition) is 1. The second-order valence-electron chi connectivity index (χ2n) is 4.61. The van der Waals surface area contributed by atoms with Gasteiger partial charge in [0.05, 0.1) is 11.6 Å². The summed E-state index contributed by atoms with van der Waals surface area (Å²) in [5.74, 6) is 0.879. The minimum Gasteiger partial charge on any atom is -0.496 e. The van der Waals surface area contributed by atoms with Crippen LogP contribution in [0.2, 0.25) is 0 Å². The van der Waals surface area contributed by atoms with E-state index in [2.05, 4.69) is 33.0 Å². The van der Waals surface area contributed by atoms with Crippen LogP contribution in [-0.4, -0.2) is 31.1 Å². The Bertz CT molecular complexity index is 384. The van der Waals surface area contributed by atoms with E-state index in [0.717, 1.165) is 36.3 Å². The molecule has 1 aliphatic rings. The highest BCUT2D eigenvalue weighted by atomic mass is 79.9. The molecule has 0 spiro atoms. The number of nitrogens with two attached hydrogens (primary N) is 1. The van der Waals surface area contributed by atoms with Crippen molar-refractivity contribution in [3.63, 3.8) is 0 Å². The predicted octanol–water partition coefficient (Wildman–Crippen LogP) is 2.38. The molecule has 3 nitrogen and oxygen atoms in total. The molecule has 1 atom stereocenters. The van der Waals surface area contributed by atoms with E-state index in [1.54, 1.807) is 7.11 Å². The molecule has 0 saturated carbocycles. The maximum absolute atomic E-state index is 5.98. The number of piperidine rings is 1. The van der Waals surface area contributed by atoms with Gasteiger partial charge in [0.2, 0.25) is 0 Å². The predicted molar refractivity (Wildman–Crippen MR) is 73.2 cm³/mol. The summed E-state index contributed by atoms with van der Waals surface area (Å²) >= 11 is 3.52. The number of nitrogens with zero attached hydrogens (tertiary/aromatic N) is 1. The van der Waals surface area contributed by atoms with Crippen molar-refractivity contribution in [3.8, 4) is 5.75 Å². The van der Waals surface area contributed by atoms with Gasteiger partial charge in [-0.3, -0.25) is 4.90 Å². The zero-order valence-electron chi connectivity index (χ0n) is 10.2. The second kappa shape index (κ2) is 5.85. The summed E-state index contributed by atoms with van der Waals surface area (Å²) < 4.78 is 6.24. The standard InChI is InChI=1S/C13H19BrN2O/c1-17-13-5-4-10(7-12(13)14)8-16-6-2-3-11(15)9-16/h4-5,7,11H,2-3,6,8-9,15H2,1H3/t11-/m1/s1. The lowest BCUT2D eigenvalue weighted by Gasteiger charge is -2.30. The van der Waals surface area contributed by atoms with Crippen molar-refractivity contribution >= 4 is 15.9 Å². The van der Waals surface area contributed by atoms with Crippen molar-refractivity contribution in [3.05, 3.63) is 28.2 Å². The number of methoxy groups -OCH3 is 1. The Hall–Kier alpha value is -0.580. The second-order valence-corrected chi connectivity index (χ2v) is 5.46. The number of ether oxygens (including phenoxy) is 1. The Balaban J connectivity index is 2.00. The van der Waals surface area contributed by atoms with Gasteiger partial charge in [-0.25, -0.2) is 0 Å². The molecule has 1 aromatic carbocycles. The van der Waals surface area contributed by atoms with Crippen LogP contribution >= 0.6 is 15.9 Å². The highest BCUT2D eigenvalue weighted by molar-refractivity contribution is 9.10. The highest BCUT2D eigenvalue weighted by Crippen LogP contribution is 2.26. The number of likely N-dealkylation sites (tertiary alicyclic amines) is 1. The monoisotopic (exact) mass is 298 g/mol. The molecule has 1 fully saturated rings. The Morgan fingerprint density at radius 2 is 2.35 bits per heavy atom. The first-order chi connectivity index (χ1) is 8.19. The van der Waals surface area contributed by atoms with Gasteiger partial charge in [0.15, 0.2) is 0 Å². The van der Waals surface area contributed by atoms with E-state index in [9.17, 15) is 0 Å². The summed E-state index contributed by atoms with van der Waals surface area (Å²) in [7, 11) is 1.68. The summed E-state index contributed by atoms with van der Waals surface area (Å²) in [5, 5.41) is 0. The zero-order chi connectivity index (χ0) is 12.3. The first-order valence-corrected chi connectivity index (χ1v) is 6.78. The zero-order valence-corrected chi connectivity index (χ0v) is 11.7. The fourth-order valence-electron chi connectivity index (χ4n) is 2.30. The van der Waals surface area contributed by atoms with Crippen LogP contribution in [0.15, 0.2) is 22.7 Å². The Kier molecular flexibility index (Phi) is 4.42. The molecule has 94 valence electrons. The number of benzene rings is 1. The summed E-state index contributed by atoms with van der Waals surface area (Å²) in [4.78, 5) is 2.42. The number of rotatable bonds is 3. The Morgan fingerprint density at radius 3 is 3.00 bits per heavy atom. The lowest BCUT2D eigenvalue weighted by molar-refractivity contribution is 0.201. The van der Waals surface area contributed by atoms with E-state index >= 15 is 0 Å². The molecule has 1 heterocycles. The molecule has 1 aliphatic heterocycles. The topological polar surface area (TPSA) is 38.5 Å². The lowest BCUT2D eigenvalue weighted by atomic mass is 10.1. The van der Waals surface area contributed by atoms with E-state index in [4.69, 9.17) is 10.5 Å². The molecule has 1 saturated heterocycles. The van der Waals surface area contributed by atoms with Crippen molar-refractivity contribution in [1.29, 1.82) is 0 Å². The van der Waals surface area contributed by atoms with E-state index in [-0.39, 0.29) is 0 Å². The third kappa shape index (κ3) is 3.44. The normalized spacial score (nSPS) is 21.5. The Morgan fingerprint density at radius 1 is 1.53 bits per heavy atom. The maximum Gasteiger partial charge on any atom is 0.133 e. The average Bonchev–Trinajstić information content (AvgIpc) is 2.29. The number of halogens is 1. The molecular weight excluding hydrogens is 280 g/mol. The molecule has 0 radical (unpaired) electrons. The van der Waals surface area contributed by atoms with E-state index in [1.807, 2.05) is 6.07 Å². The molecule has 0 aliphatic carbocycles. The molecule has 2 rings (SSSR count). The van der Waals surface area contributed by atoms with Gasteiger partial charge in [-0.1, -0.05) is 6.07 Å². The highest BCUT2D eigenvalue weighted by Gasteiger charge is 2.16. The van der Waals surface area contributed by atoms with Gasteiger partial charge < -0.3 is 10.5 Å². The molecular formula is C13H19BrN2O. The van der Waals surface area contributed by atoms with Crippen molar-refractivity contribution in [1.82, 2.24) is 4.90 Å². The number of hydrogen-bond acceptors (Lipinski definition) is 3. The first-order valence-electron chi connectivity index (χ1n) is 5.99. The summed E-state index contributed by atoms with van der Waals surface area (Å²) in [6.07, 6.45) is 2.36. The van der Waals surface area contributed by atoms with Crippen LogP contribution in [0.25, 0.3) is 0 Å². The van der Waals surface area contributed by atoms with Crippen LogP contribution in [-0.2, 0) is 6.54 Å². The molecule has 17 heavy (non-hydrogen) atoms. The summed E-state index contributed by atoms with van der Waals surface area (Å²) in [6, 6.07) is 6.58. The van der Waals surface area contributed by atoms with Gasteiger partial charge in [-0.15, -0.1) is 0 Å². The van der Waals surface area contributed by atoms with Crippen LogP contribution in [0.4, 0.5) is 0 Å². The summed E-state index contributed by atoms with van der Waals surface area (Å²) in [6.45, 7) is 3.12. The Labute approximate surface area is 111 Å². The van der Waals surface area contributed by atoms with Crippen LogP contribution in [0.3, 0.4) is 0 Å². The molecule has 1 aromatic rings. The maximum atomic E-state index is 5.98. The van der Waals surface area contributed by atoms with Gasteiger partial charge in [0.25, 0.3) is 0 Å². The van der Waals surface area contributed by atoms with Gasteiger partial charge in [0.1, 0.15) is 5.75 Å². The molecule has 0 unspecified atom stereocenters. The fraction of sp³-hybridized carbons (Fsp3) is 0.538. The SMILES string of the molecule is COc1ccc(CN2CCC[C@@H](N)C2)cc1Br. The molecule has 0 bridgehead atoms. The third-order valence-electron chi connectivity index (χ3n) is 3.16. The van der Waals surface area contributed by atoms with Gasteiger partial charge >= 0.3 is 0 Å². The van der Waals surface area contributed by atoms with Crippen LogP contribution in [0.1, 0.15) is 18.4 Å². The minimum atomic E-state index is 0.338. The van der Waals surface area contributed by atoms with E-state index in [0.29, 0.717) is 6.04 Å². The lowest BCUT2D eigenvalue weighted by Crippen LogP contribution is -2.42.